The second-order valence-corrected chi connectivity index (χ2v) is 7.91. The minimum absolute atomic E-state index is 0.508. The fourth-order valence-corrected chi connectivity index (χ4v) is 4.82. The molecule has 0 amide bonds. The summed E-state index contributed by atoms with van der Waals surface area (Å²) in [5.41, 5.74) is 0. The maximum Gasteiger partial charge on any atom is 0.0388 e. The molecule has 112 valence electrons. The maximum absolute atomic E-state index is 3.97. The number of nitrogens with one attached hydrogen (secondary N) is 1. The van der Waals surface area contributed by atoms with Crippen molar-refractivity contribution in [2.75, 3.05) is 13.1 Å². The first-order valence-electron chi connectivity index (χ1n) is 8.18. The molecule has 1 saturated heterocycles. The van der Waals surface area contributed by atoms with E-state index in [9.17, 15) is 0 Å². The molecule has 0 radical (unpaired) electrons. The van der Waals surface area contributed by atoms with Crippen LogP contribution in [-0.4, -0.2) is 30.1 Å². The molecule has 2 aliphatic rings. The summed E-state index contributed by atoms with van der Waals surface area (Å²) in [6, 6.07) is 6.38. The molecule has 2 heterocycles. The SMILES string of the molecule is CC(C)N1CC2CCCC(C1)C2N[C@@H](C)c1cccs1. The van der Waals surface area contributed by atoms with Crippen LogP contribution in [-0.2, 0) is 0 Å². The van der Waals surface area contributed by atoms with Crippen LogP contribution in [0.1, 0.15) is 51.0 Å². The van der Waals surface area contributed by atoms with Crippen molar-refractivity contribution in [2.45, 2.75) is 58.2 Å². The van der Waals surface area contributed by atoms with E-state index in [1.54, 1.807) is 0 Å². The van der Waals surface area contributed by atoms with E-state index in [0.29, 0.717) is 12.1 Å². The average Bonchev–Trinajstić information content (AvgIpc) is 2.91. The first kappa shape index (κ1) is 14.6. The lowest BCUT2D eigenvalue weighted by molar-refractivity contribution is 0.0258. The molecule has 20 heavy (non-hydrogen) atoms. The number of fused-ring (bicyclic) bond motifs is 2. The van der Waals surface area contributed by atoms with E-state index < -0.39 is 0 Å². The highest BCUT2D eigenvalue weighted by Crippen LogP contribution is 2.37. The van der Waals surface area contributed by atoms with Gasteiger partial charge in [-0.2, -0.15) is 0 Å². The summed E-state index contributed by atoms with van der Waals surface area (Å²) in [6.45, 7) is 9.61. The zero-order valence-corrected chi connectivity index (χ0v) is 13.8. The standard InChI is InChI=1S/C17H28N2S/c1-12(2)19-10-14-6-4-7-15(11-19)17(14)18-13(3)16-8-5-9-20-16/h5,8-9,12-15,17-18H,4,6-7,10-11H2,1-3H3/t13-,14?,15?,17?/m0/s1. The van der Waals surface area contributed by atoms with E-state index in [-0.39, 0.29) is 0 Å². The Morgan fingerprint density at radius 1 is 1.20 bits per heavy atom. The Hall–Kier alpha value is -0.380. The fraction of sp³-hybridized carbons (Fsp3) is 0.765. The van der Waals surface area contributed by atoms with Crippen molar-refractivity contribution in [3.63, 3.8) is 0 Å². The first-order valence-corrected chi connectivity index (χ1v) is 9.06. The van der Waals surface area contributed by atoms with Crippen molar-refractivity contribution in [1.29, 1.82) is 0 Å². The van der Waals surface area contributed by atoms with Crippen LogP contribution in [0.25, 0.3) is 0 Å². The normalized spacial score (nSPS) is 32.5. The smallest absolute Gasteiger partial charge is 0.0388 e. The lowest BCUT2D eigenvalue weighted by Gasteiger charge is -2.49. The number of hydrogen-bond donors (Lipinski definition) is 1. The summed E-state index contributed by atoms with van der Waals surface area (Å²) in [5.74, 6) is 1.71. The second-order valence-electron chi connectivity index (χ2n) is 6.93. The monoisotopic (exact) mass is 292 g/mol. The minimum atomic E-state index is 0.508. The van der Waals surface area contributed by atoms with E-state index in [1.807, 2.05) is 11.3 Å². The summed E-state index contributed by atoms with van der Waals surface area (Å²) in [6.07, 6.45) is 4.26. The van der Waals surface area contributed by atoms with Crippen molar-refractivity contribution in [3.05, 3.63) is 22.4 Å². The van der Waals surface area contributed by atoms with Crippen LogP contribution in [0.3, 0.4) is 0 Å². The predicted molar refractivity (Wildman–Crippen MR) is 87.2 cm³/mol. The van der Waals surface area contributed by atoms with E-state index in [1.165, 1.54) is 37.2 Å². The number of likely N-dealkylation sites (tertiary alicyclic amines) is 1. The van der Waals surface area contributed by atoms with Crippen molar-refractivity contribution < 1.29 is 0 Å². The fourth-order valence-electron chi connectivity index (χ4n) is 4.08. The van der Waals surface area contributed by atoms with Crippen molar-refractivity contribution in [3.8, 4) is 0 Å². The number of piperidine rings is 1. The van der Waals surface area contributed by atoms with E-state index in [4.69, 9.17) is 0 Å². The third kappa shape index (κ3) is 2.95. The molecule has 0 aromatic carbocycles. The molecule has 1 N–H and O–H groups in total. The van der Waals surface area contributed by atoms with Crippen molar-refractivity contribution in [1.82, 2.24) is 10.2 Å². The van der Waals surface area contributed by atoms with E-state index in [0.717, 1.165) is 17.9 Å². The lowest BCUT2D eigenvalue weighted by atomic mass is 9.73. The zero-order valence-electron chi connectivity index (χ0n) is 13.0. The van der Waals surface area contributed by atoms with Gasteiger partial charge in [0.2, 0.25) is 0 Å². The Bertz CT molecular complexity index is 401. The molecule has 1 aromatic rings. The number of hydrogen-bond acceptors (Lipinski definition) is 3. The summed E-state index contributed by atoms with van der Waals surface area (Å²) < 4.78 is 0. The van der Waals surface area contributed by atoms with Crippen LogP contribution in [0.2, 0.25) is 0 Å². The van der Waals surface area contributed by atoms with Gasteiger partial charge in [0, 0.05) is 36.1 Å². The molecule has 1 aliphatic carbocycles. The van der Waals surface area contributed by atoms with Gasteiger partial charge in [-0.1, -0.05) is 12.5 Å². The zero-order chi connectivity index (χ0) is 14.1. The Kier molecular flexibility index (Phi) is 4.49. The highest BCUT2D eigenvalue weighted by atomic mass is 32.1. The summed E-state index contributed by atoms with van der Waals surface area (Å²) in [7, 11) is 0. The Labute approximate surface area is 127 Å². The maximum atomic E-state index is 3.97. The third-order valence-electron chi connectivity index (χ3n) is 5.25. The number of rotatable bonds is 4. The third-order valence-corrected chi connectivity index (χ3v) is 6.30. The van der Waals surface area contributed by atoms with Crippen LogP contribution in [0.4, 0.5) is 0 Å². The van der Waals surface area contributed by atoms with Gasteiger partial charge in [-0.05, 0) is 56.9 Å². The molecule has 2 unspecified atom stereocenters. The van der Waals surface area contributed by atoms with Gasteiger partial charge in [0.05, 0.1) is 0 Å². The Balaban J connectivity index is 1.67. The summed E-state index contributed by atoms with van der Waals surface area (Å²) in [5, 5.41) is 6.16. The van der Waals surface area contributed by atoms with Crippen LogP contribution < -0.4 is 5.32 Å². The molecule has 3 heteroatoms. The molecular weight excluding hydrogens is 264 g/mol. The topological polar surface area (TPSA) is 15.3 Å². The highest BCUT2D eigenvalue weighted by Gasteiger charge is 2.40. The lowest BCUT2D eigenvalue weighted by Crippen LogP contribution is -2.58. The summed E-state index contributed by atoms with van der Waals surface area (Å²) in [4.78, 5) is 4.18. The van der Waals surface area contributed by atoms with Gasteiger partial charge in [0.25, 0.3) is 0 Å². The Morgan fingerprint density at radius 2 is 1.90 bits per heavy atom. The van der Waals surface area contributed by atoms with Gasteiger partial charge in [-0.15, -0.1) is 11.3 Å². The van der Waals surface area contributed by atoms with Crippen molar-refractivity contribution >= 4 is 11.3 Å². The van der Waals surface area contributed by atoms with E-state index in [2.05, 4.69) is 48.5 Å². The molecule has 3 rings (SSSR count). The molecule has 2 bridgehead atoms. The molecular formula is C17H28N2S. The second kappa shape index (κ2) is 6.17. The Morgan fingerprint density at radius 3 is 2.45 bits per heavy atom. The van der Waals surface area contributed by atoms with Crippen LogP contribution in [0.5, 0.6) is 0 Å². The van der Waals surface area contributed by atoms with E-state index >= 15 is 0 Å². The molecule has 1 saturated carbocycles. The predicted octanol–water partition coefficient (Wildman–Crippen LogP) is 3.91. The highest BCUT2D eigenvalue weighted by molar-refractivity contribution is 7.10. The number of thiophene rings is 1. The molecule has 1 aliphatic heterocycles. The van der Waals surface area contributed by atoms with Gasteiger partial charge in [0.1, 0.15) is 0 Å². The minimum Gasteiger partial charge on any atom is -0.306 e. The van der Waals surface area contributed by atoms with Gasteiger partial charge in [-0.3, -0.25) is 0 Å². The van der Waals surface area contributed by atoms with Gasteiger partial charge < -0.3 is 10.2 Å². The van der Waals surface area contributed by atoms with Gasteiger partial charge >= 0.3 is 0 Å². The molecule has 3 atom stereocenters. The van der Waals surface area contributed by atoms with Crippen LogP contribution in [0, 0.1) is 11.8 Å². The molecule has 2 fully saturated rings. The summed E-state index contributed by atoms with van der Waals surface area (Å²) >= 11 is 1.88. The molecule has 1 aromatic heterocycles. The first-order chi connectivity index (χ1) is 9.65. The number of nitrogens with zero attached hydrogens (tertiary/aromatic N) is 1. The van der Waals surface area contributed by atoms with Crippen molar-refractivity contribution in [2.24, 2.45) is 11.8 Å². The average molecular weight is 292 g/mol. The quantitative estimate of drug-likeness (QED) is 0.905. The molecule has 0 spiro atoms. The molecule has 2 nitrogen and oxygen atoms in total. The largest absolute Gasteiger partial charge is 0.306 e. The van der Waals surface area contributed by atoms with Gasteiger partial charge in [0.15, 0.2) is 0 Å². The van der Waals surface area contributed by atoms with Gasteiger partial charge in [-0.25, -0.2) is 0 Å². The van der Waals surface area contributed by atoms with Crippen LogP contribution >= 0.6 is 11.3 Å². The van der Waals surface area contributed by atoms with Crippen LogP contribution in [0.15, 0.2) is 17.5 Å².